The number of halogens is 1. The van der Waals surface area contributed by atoms with Crippen LogP contribution in [0.2, 0.25) is 0 Å². The predicted molar refractivity (Wildman–Crippen MR) is 160 cm³/mol. The monoisotopic (exact) mass is 669 g/mol. The van der Waals surface area contributed by atoms with E-state index in [1.54, 1.807) is 0 Å². The van der Waals surface area contributed by atoms with E-state index in [-0.39, 0.29) is 30.5 Å². The molecule has 1 aliphatic heterocycles. The van der Waals surface area contributed by atoms with Crippen LogP contribution in [0.15, 0.2) is 48.5 Å². The van der Waals surface area contributed by atoms with Gasteiger partial charge in [0, 0.05) is 24.1 Å². The number of piperidine rings is 1. The fraction of sp³-hybridized carbons (Fsp3) is 0.483. The second kappa shape index (κ2) is 15.1. The van der Waals surface area contributed by atoms with Gasteiger partial charge < -0.3 is 18.0 Å². The first-order valence-electron chi connectivity index (χ1n) is 14.6. The first kappa shape index (κ1) is 34.3. The Morgan fingerprint density at radius 1 is 0.867 bits per heavy atom. The van der Waals surface area contributed by atoms with Gasteiger partial charge in [-0.2, -0.15) is 21.6 Å². The van der Waals surface area contributed by atoms with E-state index < -0.39 is 44.4 Å². The van der Waals surface area contributed by atoms with Crippen LogP contribution in [0.3, 0.4) is 0 Å². The summed E-state index contributed by atoms with van der Waals surface area (Å²) in [7, 11) is -8.23. The van der Waals surface area contributed by atoms with Crippen LogP contribution in [-0.4, -0.2) is 78.8 Å². The molecule has 0 atom stereocenters. The van der Waals surface area contributed by atoms with Crippen molar-refractivity contribution in [1.82, 2.24) is 9.62 Å². The summed E-state index contributed by atoms with van der Waals surface area (Å²) in [4.78, 5) is 39.5. The maximum absolute atomic E-state index is 13.3. The molecule has 4 rings (SSSR count). The van der Waals surface area contributed by atoms with Crippen molar-refractivity contribution < 1.29 is 48.7 Å². The number of ether oxygens (including phenoxy) is 1. The number of carbonyl (C=O) groups excluding carboxylic acids is 3. The molecule has 2 fully saturated rings. The van der Waals surface area contributed by atoms with Crippen LogP contribution in [0.5, 0.6) is 5.75 Å². The second-order valence-electron chi connectivity index (χ2n) is 10.9. The maximum atomic E-state index is 13.3. The number of nitrogens with zero attached hydrogens (tertiary/aromatic N) is 2. The molecule has 1 saturated carbocycles. The number of likely N-dealkylation sites (tertiary alicyclic amines) is 1. The lowest BCUT2D eigenvalue weighted by Crippen LogP contribution is -2.44. The van der Waals surface area contributed by atoms with Gasteiger partial charge in [-0.15, -0.1) is 0 Å². The van der Waals surface area contributed by atoms with Gasteiger partial charge in [-0.05, 0) is 87.3 Å². The molecule has 0 spiro atoms. The Bertz CT molecular complexity index is 1550. The average Bonchev–Trinajstić information content (AvgIpc) is 3.01. The van der Waals surface area contributed by atoms with Gasteiger partial charge in [0.15, 0.2) is 5.78 Å². The lowest BCUT2D eigenvalue weighted by atomic mass is 9.89. The largest absolute Gasteiger partial charge is 0.497 e. The fourth-order valence-electron chi connectivity index (χ4n) is 5.38. The number of hydrogen-bond donors (Lipinski definition) is 1. The number of hydrogen-bond acceptors (Lipinski definition) is 11. The van der Waals surface area contributed by atoms with Crippen molar-refractivity contribution in [3.05, 3.63) is 59.9 Å². The Morgan fingerprint density at radius 2 is 1.47 bits per heavy atom. The molecule has 2 aromatic carbocycles. The maximum Gasteiger partial charge on any atom is 0.435 e. The first-order valence-corrected chi connectivity index (χ1v) is 17.3. The van der Waals surface area contributed by atoms with E-state index in [1.165, 1.54) is 55.6 Å². The van der Waals surface area contributed by atoms with Gasteiger partial charge in [-0.3, -0.25) is 4.79 Å². The Labute approximate surface area is 262 Å². The topological polar surface area (TPSA) is 166 Å². The molecule has 0 aromatic heterocycles. The fourth-order valence-corrected chi connectivity index (χ4v) is 7.37. The number of benzene rings is 2. The molecule has 1 N–H and O–H groups in total. The summed E-state index contributed by atoms with van der Waals surface area (Å²) in [6.45, 7) is 0.887. The van der Waals surface area contributed by atoms with Crippen LogP contribution in [0.25, 0.3) is 0 Å². The highest BCUT2D eigenvalue weighted by molar-refractivity contribution is 7.88. The van der Waals surface area contributed by atoms with E-state index in [0.29, 0.717) is 50.1 Å². The molecule has 0 radical (unpaired) electrons. The molecule has 45 heavy (non-hydrogen) atoms. The summed E-state index contributed by atoms with van der Waals surface area (Å²) in [6.07, 6.45) is 4.58. The lowest BCUT2D eigenvalue weighted by Gasteiger charge is -2.33. The van der Waals surface area contributed by atoms with E-state index in [1.807, 2.05) is 4.90 Å². The molecule has 0 bridgehead atoms. The summed E-state index contributed by atoms with van der Waals surface area (Å²) in [5.41, 5.74) is 0.509. The van der Waals surface area contributed by atoms with Gasteiger partial charge in [-0.25, -0.2) is 18.3 Å². The molecule has 2 aliphatic rings. The van der Waals surface area contributed by atoms with Crippen molar-refractivity contribution >= 4 is 44.0 Å². The zero-order valence-electron chi connectivity index (χ0n) is 24.7. The third-order valence-electron chi connectivity index (χ3n) is 7.79. The third kappa shape index (κ3) is 9.69. The molecule has 16 heteroatoms. The SMILES string of the molecule is COc1ccc(N(CCN2CCC(C(=O)c3ccc(F)cc3)CC2)S(=O)(=O)OC(=O)C(=O)OS(=O)(=O)NC2CCCCC2)cc1. The quantitative estimate of drug-likeness (QED) is 0.261. The smallest absolute Gasteiger partial charge is 0.435 e. The van der Waals surface area contributed by atoms with Crippen LogP contribution in [0.4, 0.5) is 10.1 Å². The van der Waals surface area contributed by atoms with Gasteiger partial charge in [0.25, 0.3) is 0 Å². The molecular weight excluding hydrogens is 633 g/mol. The minimum Gasteiger partial charge on any atom is -0.497 e. The number of ketones is 1. The Hall–Kier alpha value is -3.60. The number of methoxy groups -OCH3 is 1. The Kier molecular flexibility index (Phi) is 11.5. The molecule has 13 nitrogen and oxygen atoms in total. The van der Waals surface area contributed by atoms with Crippen LogP contribution < -0.4 is 13.8 Å². The molecular formula is C29H36FN3O10S2. The summed E-state index contributed by atoms with van der Waals surface area (Å²) in [5.74, 6) is -4.40. The highest BCUT2D eigenvalue weighted by Crippen LogP contribution is 2.25. The summed E-state index contributed by atoms with van der Waals surface area (Å²) >= 11 is 0. The summed E-state index contributed by atoms with van der Waals surface area (Å²) in [5, 5.41) is 0. The summed E-state index contributed by atoms with van der Waals surface area (Å²) < 4.78 is 81.2. The Morgan fingerprint density at radius 3 is 2.07 bits per heavy atom. The number of rotatable bonds is 12. The van der Waals surface area contributed by atoms with E-state index in [9.17, 15) is 35.6 Å². The molecule has 2 aromatic rings. The van der Waals surface area contributed by atoms with E-state index in [0.717, 1.165) is 23.6 Å². The van der Waals surface area contributed by atoms with E-state index >= 15 is 0 Å². The van der Waals surface area contributed by atoms with Gasteiger partial charge in [0.05, 0.1) is 19.3 Å². The minimum atomic E-state index is -4.97. The van der Waals surface area contributed by atoms with Crippen molar-refractivity contribution in [3.63, 3.8) is 0 Å². The van der Waals surface area contributed by atoms with Crippen molar-refractivity contribution in [2.24, 2.45) is 5.92 Å². The molecule has 0 unspecified atom stereocenters. The number of Topliss-reactive ketones (excluding diaryl/α,β-unsaturated/α-hetero) is 1. The third-order valence-corrected chi connectivity index (χ3v) is 10.1. The molecule has 246 valence electrons. The van der Waals surface area contributed by atoms with Gasteiger partial charge in [-0.1, -0.05) is 19.3 Å². The van der Waals surface area contributed by atoms with Crippen molar-refractivity contribution in [2.75, 3.05) is 37.6 Å². The van der Waals surface area contributed by atoms with E-state index in [4.69, 9.17) is 4.74 Å². The van der Waals surface area contributed by atoms with Gasteiger partial charge in [0.2, 0.25) is 0 Å². The second-order valence-corrected chi connectivity index (χ2v) is 13.6. The van der Waals surface area contributed by atoms with Crippen LogP contribution in [-0.2, 0) is 38.6 Å². The standard InChI is InChI=1S/C29H36FN3O10S2/c1-41-26-13-11-25(12-14-26)33(20-19-32-17-15-22(16-18-32)27(34)21-7-9-23(30)10-8-21)45(39,40)43-29(36)28(35)42-44(37,38)31-24-5-3-2-4-6-24/h7-14,22,24,31H,2-6,15-20H2,1H3. The van der Waals surface area contributed by atoms with Crippen molar-refractivity contribution in [3.8, 4) is 5.75 Å². The normalized spacial score (nSPS) is 16.9. The number of carbonyl (C=O) groups is 3. The van der Waals surface area contributed by atoms with E-state index in [2.05, 4.69) is 13.1 Å². The molecule has 1 saturated heterocycles. The minimum absolute atomic E-state index is 0.0879. The molecule has 0 amide bonds. The van der Waals surface area contributed by atoms with Crippen LogP contribution in [0, 0.1) is 11.7 Å². The highest BCUT2D eigenvalue weighted by atomic mass is 32.2. The highest BCUT2D eigenvalue weighted by Gasteiger charge is 2.35. The van der Waals surface area contributed by atoms with Crippen LogP contribution in [0.1, 0.15) is 55.3 Å². The van der Waals surface area contributed by atoms with Crippen molar-refractivity contribution in [2.45, 2.75) is 51.0 Å². The van der Waals surface area contributed by atoms with Gasteiger partial charge >= 0.3 is 32.5 Å². The van der Waals surface area contributed by atoms with Crippen LogP contribution >= 0.6 is 0 Å². The zero-order valence-corrected chi connectivity index (χ0v) is 26.4. The summed E-state index contributed by atoms with van der Waals surface area (Å²) in [6, 6.07) is 10.7. The predicted octanol–water partition coefficient (Wildman–Crippen LogP) is 2.73. The molecule has 1 heterocycles. The van der Waals surface area contributed by atoms with Crippen molar-refractivity contribution in [1.29, 1.82) is 0 Å². The van der Waals surface area contributed by atoms with Gasteiger partial charge in [0.1, 0.15) is 11.6 Å². The Balaban J connectivity index is 1.39. The first-order chi connectivity index (χ1) is 21.4. The molecule has 1 aliphatic carbocycles. The average molecular weight is 670 g/mol. The lowest BCUT2D eigenvalue weighted by molar-refractivity contribution is -0.155. The zero-order chi connectivity index (χ0) is 32.6. The number of anilines is 1. The number of nitrogens with one attached hydrogen (secondary N) is 1.